The summed E-state index contributed by atoms with van der Waals surface area (Å²) < 4.78 is 12.7. The molecule has 0 bridgehead atoms. The Kier molecular flexibility index (Phi) is 4.26. The molecule has 3 nitrogen and oxygen atoms in total. The lowest BCUT2D eigenvalue weighted by Gasteiger charge is -1.97. The zero-order valence-corrected chi connectivity index (χ0v) is 10.5. The maximum absolute atomic E-state index is 12.7. The number of benzene rings is 2. The summed E-state index contributed by atoms with van der Waals surface area (Å²) in [5.74, 6) is -1.06. The predicted molar refractivity (Wildman–Crippen MR) is 70.9 cm³/mol. The van der Waals surface area contributed by atoms with Gasteiger partial charge in [-0.25, -0.2) is 9.18 Å². The Morgan fingerprint density at radius 3 is 2.37 bits per heavy atom. The van der Waals surface area contributed by atoms with Crippen molar-refractivity contribution in [2.75, 3.05) is 0 Å². The molecule has 0 aromatic heterocycles. The molecular weight excluding hydrogens is 269 g/mol. The highest BCUT2D eigenvalue weighted by atomic mass is 35.5. The van der Waals surface area contributed by atoms with Gasteiger partial charge in [-0.3, -0.25) is 0 Å². The van der Waals surface area contributed by atoms with Crippen LogP contribution in [-0.2, 0) is 4.84 Å². The first-order valence-electron chi connectivity index (χ1n) is 5.41. The van der Waals surface area contributed by atoms with Crippen LogP contribution in [0.1, 0.15) is 15.9 Å². The summed E-state index contributed by atoms with van der Waals surface area (Å²) in [5, 5.41) is 4.17. The quantitative estimate of drug-likeness (QED) is 0.488. The summed E-state index contributed by atoms with van der Waals surface area (Å²) in [6.45, 7) is 0. The highest BCUT2D eigenvalue weighted by Crippen LogP contribution is 2.08. The smallest absolute Gasteiger partial charge is 0.313 e. The number of carbonyl (C=O) groups excluding carboxylic acids is 1. The Morgan fingerprint density at radius 1 is 1.11 bits per heavy atom. The third-order valence-electron chi connectivity index (χ3n) is 2.29. The van der Waals surface area contributed by atoms with Crippen LogP contribution in [0.4, 0.5) is 4.39 Å². The number of rotatable bonds is 3. The van der Waals surface area contributed by atoms with Crippen LogP contribution in [0.15, 0.2) is 53.7 Å². The van der Waals surface area contributed by atoms with Crippen LogP contribution in [0.5, 0.6) is 0 Å². The minimum absolute atomic E-state index is 0.231. The highest BCUT2D eigenvalue weighted by Gasteiger charge is 2.06. The van der Waals surface area contributed by atoms with E-state index in [1.54, 1.807) is 24.3 Å². The third-order valence-corrected chi connectivity index (χ3v) is 2.54. The van der Waals surface area contributed by atoms with Gasteiger partial charge in [0, 0.05) is 5.02 Å². The number of hydrogen-bond acceptors (Lipinski definition) is 3. The van der Waals surface area contributed by atoms with E-state index in [9.17, 15) is 9.18 Å². The van der Waals surface area contributed by atoms with E-state index in [-0.39, 0.29) is 5.56 Å². The molecule has 0 atom stereocenters. The molecule has 0 radical (unpaired) electrons. The van der Waals surface area contributed by atoms with Gasteiger partial charge >= 0.3 is 5.97 Å². The Balaban J connectivity index is 1.96. The summed E-state index contributed by atoms with van der Waals surface area (Å²) in [7, 11) is 0. The third kappa shape index (κ3) is 3.89. The van der Waals surface area contributed by atoms with Crippen LogP contribution < -0.4 is 0 Å². The van der Waals surface area contributed by atoms with Crippen molar-refractivity contribution in [3.05, 3.63) is 70.5 Å². The summed E-state index contributed by atoms with van der Waals surface area (Å²) in [4.78, 5) is 16.2. The topological polar surface area (TPSA) is 38.7 Å². The van der Waals surface area contributed by atoms with Crippen molar-refractivity contribution in [1.29, 1.82) is 0 Å². The SMILES string of the molecule is O=C(ON=Cc1ccc(Cl)cc1)c1ccc(F)cc1. The van der Waals surface area contributed by atoms with Crippen molar-refractivity contribution in [2.24, 2.45) is 5.16 Å². The van der Waals surface area contributed by atoms with Gasteiger partial charge in [-0.2, -0.15) is 0 Å². The van der Waals surface area contributed by atoms with E-state index in [0.29, 0.717) is 5.02 Å². The molecule has 0 unspecified atom stereocenters. The van der Waals surface area contributed by atoms with Crippen LogP contribution in [-0.4, -0.2) is 12.2 Å². The Labute approximate surface area is 114 Å². The molecule has 2 rings (SSSR count). The molecule has 0 aliphatic carbocycles. The second kappa shape index (κ2) is 6.11. The molecule has 0 fully saturated rings. The monoisotopic (exact) mass is 277 g/mol. The van der Waals surface area contributed by atoms with Crippen LogP contribution >= 0.6 is 11.6 Å². The molecule has 0 spiro atoms. The maximum atomic E-state index is 12.7. The maximum Gasteiger partial charge on any atom is 0.365 e. The fourth-order valence-electron chi connectivity index (χ4n) is 1.32. The number of halogens is 2. The second-order valence-corrected chi connectivity index (χ2v) is 4.11. The molecule has 0 N–H and O–H groups in total. The van der Waals surface area contributed by atoms with Crippen molar-refractivity contribution < 1.29 is 14.0 Å². The van der Waals surface area contributed by atoms with Crippen molar-refractivity contribution in [3.8, 4) is 0 Å². The Morgan fingerprint density at radius 2 is 1.74 bits per heavy atom. The van der Waals surface area contributed by atoms with Crippen molar-refractivity contribution in [3.63, 3.8) is 0 Å². The van der Waals surface area contributed by atoms with Gasteiger partial charge in [0.1, 0.15) is 5.82 Å². The fraction of sp³-hybridized carbons (Fsp3) is 0. The lowest BCUT2D eigenvalue weighted by molar-refractivity contribution is 0.0519. The van der Waals surface area contributed by atoms with Crippen molar-refractivity contribution in [1.82, 2.24) is 0 Å². The van der Waals surface area contributed by atoms with E-state index < -0.39 is 11.8 Å². The Bertz CT molecular complexity index is 594. The summed E-state index contributed by atoms with van der Waals surface area (Å²) in [6, 6.07) is 11.9. The van der Waals surface area contributed by atoms with Gasteiger partial charge in [-0.1, -0.05) is 28.9 Å². The van der Waals surface area contributed by atoms with Gasteiger partial charge in [0.2, 0.25) is 0 Å². The summed E-state index contributed by atoms with van der Waals surface area (Å²) >= 11 is 5.73. The lowest BCUT2D eigenvalue weighted by Crippen LogP contribution is -2.00. The minimum atomic E-state index is -0.648. The van der Waals surface area contributed by atoms with Crippen LogP contribution in [0, 0.1) is 5.82 Å². The number of nitrogens with zero attached hydrogens (tertiary/aromatic N) is 1. The summed E-state index contributed by atoms with van der Waals surface area (Å²) in [5.41, 5.74) is 0.978. The minimum Gasteiger partial charge on any atom is -0.313 e. The normalized spacial score (nSPS) is 10.6. The average molecular weight is 278 g/mol. The zero-order valence-electron chi connectivity index (χ0n) is 9.72. The number of oxime groups is 1. The molecule has 0 saturated carbocycles. The van der Waals surface area contributed by atoms with Gasteiger partial charge in [0.05, 0.1) is 11.8 Å². The molecule has 96 valence electrons. The molecule has 0 aliphatic rings. The highest BCUT2D eigenvalue weighted by molar-refractivity contribution is 6.30. The van der Waals surface area contributed by atoms with Gasteiger partial charge < -0.3 is 4.84 Å². The molecule has 0 aliphatic heterocycles. The first kappa shape index (κ1) is 13.2. The average Bonchev–Trinajstić information content (AvgIpc) is 2.41. The van der Waals surface area contributed by atoms with E-state index in [0.717, 1.165) is 5.56 Å². The first-order valence-corrected chi connectivity index (χ1v) is 5.79. The molecule has 2 aromatic rings. The van der Waals surface area contributed by atoms with Gasteiger partial charge in [0.15, 0.2) is 0 Å². The fourth-order valence-corrected chi connectivity index (χ4v) is 1.45. The van der Waals surface area contributed by atoms with Gasteiger partial charge in [-0.15, -0.1) is 0 Å². The largest absolute Gasteiger partial charge is 0.365 e. The number of hydrogen-bond donors (Lipinski definition) is 0. The standard InChI is InChI=1S/C14H9ClFNO2/c15-12-5-1-10(2-6-12)9-17-19-14(18)11-3-7-13(16)8-4-11/h1-9H. The zero-order chi connectivity index (χ0) is 13.7. The van der Waals surface area contributed by atoms with E-state index in [2.05, 4.69) is 9.99 Å². The Hall–Kier alpha value is -2.20. The van der Waals surface area contributed by atoms with Crippen LogP contribution in [0.25, 0.3) is 0 Å². The van der Waals surface area contributed by atoms with E-state index in [4.69, 9.17) is 11.6 Å². The molecule has 0 heterocycles. The van der Waals surface area contributed by atoms with Crippen LogP contribution in [0.2, 0.25) is 5.02 Å². The molecule has 0 saturated heterocycles. The summed E-state index contributed by atoms with van der Waals surface area (Å²) in [6.07, 6.45) is 1.39. The van der Waals surface area contributed by atoms with E-state index >= 15 is 0 Å². The molecular formula is C14H9ClFNO2. The van der Waals surface area contributed by atoms with Gasteiger partial charge in [0.25, 0.3) is 0 Å². The van der Waals surface area contributed by atoms with E-state index in [1.807, 2.05) is 0 Å². The second-order valence-electron chi connectivity index (χ2n) is 3.67. The van der Waals surface area contributed by atoms with Crippen molar-refractivity contribution >= 4 is 23.8 Å². The van der Waals surface area contributed by atoms with Crippen LogP contribution in [0.3, 0.4) is 0 Å². The first-order chi connectivity index (χ1) is 9.15. The van der Waals surface area contributed by atoms with Gasteiger partial charge in [-0.05, 0) is 42.0 Å². The molecule has 2 aromatic carbocycles. The molecule has 0 amide bonds. The van der Waals surface area contributed by atoms with Crippen molar-refractivity contribution in [2.45, 2.75) is 0 Å². The predicted octanol–water partition coefficient (Wildman–Crippen LogP) is 3.67. The lowest BCUT2D eigenvalue weighted by atomic mass is 10.2. The molecule has 19 heavy (non-hydrogen) atoms. The molecule has 5 heteroatoms. The van der Waals surface area contributed by atoms with E-state index in [1.165, 1.54) is 30.5 Å². The number of carbonyl (C=O) groups is 1.